The number of aromatic nitrogens is 2. The molecule has 2 rings (SSSR count). The van der Waals surface area contributed by atoms with Crippen molar-refractivity contribution in [3.63, 3.8) is 0 Å². The zero-order valence-corrected chi connectivity index (χ0v) is 13.5. The van der Waals surface area contributed by atoms with E-state index in [1.165, 1.54) is 0 Å². The van der Waals surface area contributed by atoms with Gasteiger partial charge in [-0.15, -0.1) is 0 Å². The minimum atomic E-state index is -0.459. The SMILES string of the molecule is CCCNC(C)C(C)c1nc(C2(OC)CCOCC2)no1. The van der Waals surface area contributed by atoms with Crippen LogP contribution < -0.4 is 5.32 Å². The summed E-state index contributed by atoms with van der Waals surface area (Å²) < 4.78 is 16.6. The topological polar surface area (TPSA) is 69.4 Å². The number of hydrogen-bond acceptors (Lipinski definition) is 6. The maximum atomic E-state index is 5.70. The van der Waals surface area contributed by atoms with Crippen molar-refractivity contribution in [1.82, 2.24) is 15.5 Å². The first-order valence-corrected chi connectivity index (χ1v) is 7.83. The summed E-state index contributed by atoms with van der Waals surface area (Å²) in [6.07, 6.45) is 2.64. The lowest BCUT2D eigenvalue weighted by molar-refractivity contribution is -0.101. The van der Waals surface area contributed by atoms with Crippen LogP contribution in [0.15, 0.2) is 4.52 Å². The Balaban J connectivity index is 2.09. The van der Waals surface area contributed by atoms with E-state index < -0.39 is 5.60 Å². The van der Waals surface area contributed by atoms with Crippen LogP contribution in [-0.2, 0) is 15.1 Å². The molecule has 0 spiro atoms. The van der Waals surface area contributed by atoms with Gasteiger partial charge in [0.25, 0.3) is 0 Å². The predicted molar refractivity (Wildman–Crippen MR) is 79.2 cm³/mol. The van der Waals surface area contributed by atoms with Gasteiger partial charge in [-0.3, -0.25) is 0 Å². The summed E-state index contributed by atoms with van der Waals surface area (Å²) in [6, 6.07) is 0.298. The van der Waals surface area contributed by atoms with Crippen molar-refractivity contribution in [2.75, 3.05) is 26.9 Å². The first-order chi connectivity index (χ1) is 10.1. The molecule has 6 nitrogen and oxygen atoms in total. The van der Waals surface area contributed by atoms with E-state index in [1.807, 2.05) is 0 Å². The van der Waals surface area contributed by atoms with Crippen LogP contribution in [0.2, 0.25) is 0 Å². The summed E-state index contributed by atoms with van der Waals surface area (Å²) in [5.74, 6) is 1.49. The lowest BCUT2D eigenvalue weighted by Gasteiger charge is -2.32. The fraction of sp³-hybridized carbons (Fsp3) is 0.867. The van der Waals surface area contributed by atoms with Gasteiger partial charge in [-0.2, -0.15) is 4.98 Å². The molecule has 120 valence electrons. The number of rotatable bonds is 7. The molecule has 2 unspecified atom stereocenters. The van der Waals surface area contributed by atoms with E-state index in [0.29, 0.717) is 31.0 Å². The standard InChI is InChI=1S/C15H27N3O3/c1-5-8-16-12(3)11(2)13-17-14(18-21-13)15(19-4)6-9-20-10-7-15/h11-12,16H,5-10H2,1-4H3. The Labute approximate surface area is 126 Å². The van der Waals surface area contributed by atoms with Crippen LogP contribution in [0.25, 0.3) is 0 Å². The minimum Gasteiger partial charge on any atom is -0.381 e. The van der Waals surface area contributed by atoms with E-state index in [0.717, 1.165) is 25.8 Å². The highest BCUT2D eigenvalue weighted by atomic mass is 16.5. The van der Waals surface area contributed by atoms with Gasteiger partial charge in [0.15, 0.2) is 0 Å². The fourth-order valence-electron chi connectivity index (χ4n) is 2.59. The van der Waals surface area contributed by atoms with Crippen molar-refractivity contribution in [2.24, 2.45) is 0 Å². The summed E-state index contributed by atoms with van der Waals surface area (Å²) in [6.45, 7) is 8.73. The Bertz CT molecular complexity index is 430. The molecule has 1 saturated heterocycles. The average molecular weight is 297 g/mol. The van der Waals surface area contributed by atoms with Crippen LogP contribution in [0, 0.1) is 0 Å². The van der Waals surface area contributed by atoms with Gasteiger partial charge >= 0.3 is 0 Å². The first-order valence-electron chi connectivity index (χ1n) is 7.83. The molecule has 0 radical (unpaired) electrons. The number of ether oxygens (including phenoxy) is 2. The fourth-order valence-corrected chi connectivity index (χ4v) is 2.59. The molecule has 1 aliphatic heterocycles. The second kappa shape index (κ2) is 7.33. The highest BCUT2D eigenvalue weighted by molar-refractivity contribution is 5.05. The van der Waals surface area contributed by atoms with Gasteiger partial charge in [0.1, 0.15) is 5.60 Å². The molecule has 1 aliphatic rings. The summed E-state index contributed by atoms with van der Waals surface area (Å²) in [5.41, 5.74) is -0.459. The van der Waals surface area contributed by atoms with Crippen molar-refractivity contribution in [3.8, 4) is 0 Å². The quantitative estimate of drug-likeness (QED) is 0.832. The number of methoxy groups -OCH3 is 1. The molecule has 2 atom stereocenters. The summed E-state index contributed by atoms with van der Waals surface area (Å²) in [7, 11) is 1.70. The third kappa shape index (κ3) is 3.62. The van der Waals surface area contributed by atoms with Gasteiger partial charge in [-0.05, 0) is 19.9 Å². The molecule has 1 N–H and O–H groups in total. The highest BCUT2D eigenvalue weighted by Gasteiger charge is 2.39. The smallest absolute Gasteiger partial charge is 0.231 e. The molecular weight excluding hydrogens is 270 g/mol. The van der Waals surface area contributed by atoms with Crippen LogP contribution in [0.3, 0.4) is 0 Å². The van der Waals surface area contributed by atoms with Crippen LogP contribution in [0.5, 0.6) is 0 Å². The largest absolute Gasteiger partial charge is 0.381 e. The van der Waals surface area contributed by atoms with E-state index >= 15 is 0 Å². The third-order valence-corrected chi connectivity index (χ3v) is 4.40. The summed E-state index contributed by atoms with van der Waals surface area (Å²) in [4.78, 5) is 4.61. The van der Waals surface area contributed by atoms with Crippen molar-refractivity contribution in [1.29, 1.82) is 0 Å². The number of nitrogens with one attached hydrogen (secondary N) is 1. The van der Waals surface area contributed by atoms with E-state index in [2.05, 4.69) is 36.2 Å². The zero-order valence-electron chi connectivity index (χ0n) is 13.5. The van der Waals surface area contributed by atoms with E-state index in [1.54, 1.807) is 7.11 Å². The van der Waals surface area contributed by atoms with Gasteiger partial charge in [0.2, 0.25) is 11.7 Å². The van der Waals surface area contributed by atoms with Crippen LogP contribution in [0.1, 0.15) is 57.7 Å². The van der Waals surface area contributed by atoms with Gasteiger partial charge in [-0.1, -0.05) is 19.0 Å². The van der Waals surface area contributed by atoms with Crippen molar-refractivity contribution < 1.29 is 14.0 Å². The minimum absolute atomic E-state index is 0.173. The van der Waals surface area contributed by atoms with E-state index in [-0.39, 0.29) is 5.92 Å². The average Bonchev–Trinajstić information content (AvgIpc) is 3.03. The Morgan fingerprint density at radius 2 is 2.05 bits per heavy atom. The van der Waals surface area contributed by atoms with Crippen molar-refractivity contribution in [3.05, 3.63) is 11.7 Å². The third-order valence-electron chi connectivity index (χ3n) is 4.40. The molecule has 2 heterocycles. The van der Waals surface area contributed by atoms with Gasteiger partial charge in [0.05, 0.1) is 5.92 Å². The van der Waals surface area contributed by atoms with E-state index in [9.17, 15) is 0 Å². The Morgan fingerprint density at radius 3 is 2.67 bits per heavy atom. The molecule has 0 amide bonds. The Morgan fingerprint density at radius 1 is 1.33 bits per heavy atom. The zero-order chi connectivity index (χ0) is 15.3. The van der Waals surface area contributed by atoms with Crippen molar-refractivity contribution in [2.45, 2.75) is 57.6 Å². The lowest BCUT2D eigenvalue weighted by atomic mass is 9.93. The van der Waals surface area contributed by atoms with E-state index in [4.69, 9.17) is 14.0 Å². The second-order valence-electron chi connectivity index (χ2n) is 5.80. The van der Waals surface area contributed by atoms with Gasteiger partial charge in [0, 0.05) is 39.2 Å². The number of nitrogens with zero attached hydrogens (tertiary/aromatic N) is 2. The molecule has 1 fully saturated rings. The molecule has 0 bridgehead atoms. The lowest BCUT2D eigenvalue weighted by Crippen LogP contribution is -2.37. The van der Waals surface area contributed by atoms with Crippen molar-refractivity contribution >= 4 is 0 Å². The van der Waals surface area contributed by atoms with Crippen LogP contribution >= 0.6 is 0 Å². The Kier molecular flexibility index (Phi) is 5.72. The molecular formula is C15H27N3O3. The Hall–Kier alpha value is -0.980. The monoisotopic (exact) mass is 297 g/mol. The maximum absolute atomic E-state index is 5.70. The van der Waals surface area contributed by atoms with Gasteiger partial charge in [-0.25, -0.2) is 0 Å². The number of hydrogen-bond donors (Lipinski definition) is 1. The molecule has 6 heteroatoms. The predicted octanol–water partition coefficient (Wildman–Crippen LogP) is 2.21. The van der Waals surface area contributed by atoms with Crippen LogP contribution in [-0.4, -0.2) is 43.1 Å². The normalized spacial score (nSPS) is 21.1. The molecule has 1 aromatic heterocycles. The highest BCUT2D eigenvalue weighted by Crippen LogP contribution is 2.34. The second-order valence-corrected chi connectivity index (χ2v) is 5.80. The molecule has 0 saturated carbocycles. The summed E-state index contributed by atoms with van der Waals surface area (Å²) in [5, 5.41) is 7.64. The molecule has 21 heavy (non-hydrogen) atoms. The maximum Gasteiger partial charge on any atom is 0.231 e. The molecule has 0 aromatic carbocycles. The molecule has 1 aromatic rings. The van der Waals surface area contributed by atoms with Crippen LogP contribution in [0.4, 0.5) is 0 Å². The first kappa shape index (κ1) is 16.4. The van der Waals surface area contributed by atoms with Gasteiger partial charge < -0.3 is 19.3 Å². The summed E-state index contributed by atoms with van der Waals surface area (Å²) >= 11 is 0. The molecule has 0 aliphatic carbocycles.